The molecule has 0 saturated heterocycles. The third-order valence-corrected chi connectivity index (χ3v) is 2.26. The molecule has 106 valence electrons. The van der Waals surface area contributed by atoms with Crippen molar-refractivity contribution in [3.8, 4) is 17.2 Å². The molecule has 0 unspecified atom stereocenters. The molecule has 0 amide bonds. The lowest BCUT2D eigenvalue weighted by atomic mass is 10.2. The highest BCUT2D eigenvalue weighted by atomic mass is 16.5. The van der Waals surface area contributed by atoms with Gasteiger partial charge in [0.25, 0.3) is 0 Å². The number of aromatic hydroxyl groups is 2. The molecular formula is C15H16O5. The highest BCUT2D eigenvalue weighted by molar-refractivity contribution is 5.87. The Hall–Kier alpha value is -2.69. The fourth-order valence-electron chi connectivity index (χ4n) is 1.35. The van der Waals surface area contributed by atoms with E-state index < -0.39 is 5.97 Å². The lowest BCUT2D eigenvalue weighted by Gasteiger charge is -2.04. The summed E-state index contributed by atoms with van der Waals surface area (Å²) >= 11 is 0. The van der Waals surface area contributed by atoms with Crippen LogP contribution in [0.5, 0.6) is 17.2 Å². The quantitative estimate of drug-likeness (QED) is 0.750. The van der Waals surface area contributed by atoms with Crippen LogP contribution in [0, 0.1) is 0 Å². The van der Waals surface area contributed by atoms with E-state index in [1.54, 1.807) is 30.3 Å². The molecule has 0 aliphatic heterocycles. The zero-order valence-corrected chi connectivity index (χ0v) is 11.0. The van der Waals surface area contributed by atoms with Crippen molar-refractivity contribution in [2.75, 3.05) is 6.61 Å². The van der Waals surface area contributed by atoms with Gasteiger partial charge in [-0.25, -0.2) is 4.79 Å². The van der Waals surface area contributed by atoms with E-state index in [1.807, 2.05) is 6.92 Å². The first-order valence-electron chi connectivity index (χ1n) is 5.97. The van der Waals surface area contributed by atoms with Crippen molar-refractivity contribution in [1.82, 2.24) is 0 Å². The van der Waals surface area contributed by atoms with Crippen molar-refractivity contribution < 1.29 is 24.9 Å². The monoisotopic (exact) mass is 276 g/mol. The van der Waals surface area contributed by atoms with Crippen molar-refractivity contribution in [1.29, 1.82) is 0 Å². The molecule has 0 saturated carbocycles. The maximum Gasteiger partial charge on any atom is 0.335 e. The van der Waals surface area contributed by atoms with Gasteiger partial charge in [-0.15, -0.1) is 0 Å². The molecule has 20 heavy (non-hydrogen) atoms. The second-order valence-electron chi connectivity index (χ2n) is 3.76. The minimum absolute atomic E-state index is 0.0460. The van der Waals surface area contributed by atoms with Crippen LogP contribution in [0.3, 0.4) is 0 Å². The summed E-state index contributed by atoms with van der Waals surface area (Å²) in [4.78, 5) is 10.2. The molecule has 0 bridgehead atoms. The van der Waals surface area contributed by atoms with E-state index in [2.05, 4.69) is 0 Å². The number of ether oxygens (including phenoxy) is 1. The van der Waals surface area contributed by atoms with Gasteiger partial charge in [0.05, 0.1) is 12.2 Å². The molecule has 0 heterocycles. The summed E-state index contributed by atoms with van der Waals surface area (Å²) in [5.74, 6) is -0.431. The maximum absolute atomic E-state index is 10.2. The van der Waals surface area contributed by atoms with Crippen LogP contribution in [0.15, 0.2) is 48.5 Å². The van der Waals surface area contributed by atoms with Crippen molar-refractivity contribution in [2.45, 2.75) is 6.92 Å². The van der Waals surface area contributed by atoms with E-state index in [-0.39, 0.29) is 11.5 Å². The summed E-state index contributed by atoms with van der Waals surface area (Å²) in [6.07, 6.45) is 0. The molecule has 2 rings (SSSR count). The number of aromatic carboxylic acids is 1. The molecule has 0 aliphatic carbocycles. The van der Waals surface area contributed by atoms with Crippen molar-refractivity contribution in [2.24, 2.45) is 0 Å². The number of carboxylic acids is 1. The second kappa shape index (κ2) is 7.68. The fraction of sp³-hybridized carbons (Fsp3) is 0.133. The van der Waals surface area contributed by atoms with Gasteiger partial charge >= 0.3 is 5.97 Å². The Labute approximate surface area is 116 Å². The Balaban J connectivity index is 0.000000204. The third-order valence-electron chi connectivity index (χ3n) is 2.26. The number of benzene rings is 2. The molecule has 0 aromatic heterocycles. The largest absolute Gasteiger partial charge is 0.508 e. The van der Waals surface area contributed by atoms with E-state index in [0.717, 1.165) is 0 Å². The number of hydrogen-bond acceptors (Lipinski definition) is 4. The molecule has 0 atom stereocenters. The minimum atomic E-state index is -0.879. The van der Waals surface area contributed by atoms with Crippen LogP contribution in [0.4, 0.5) is 0 Å². The van der Waals surface area contributed by atoms with Crippen LogP contribution in [-0.2, 0) is 0 Å². The van der Waals surface area contributed by atoms with Gasteiger partial charge in [-0.3, -0.25) is 0 Å². The first kappa shape index (κ1) is 15.4. The summed E-state index contributed by atoms with van der Waals surface area (Å²) < 4.78 is 5.01. The topological polar surface area (TPSA) is 87.0 Å². The summed E-state index contributed by atoms with van der Waals surface area (Å²) in [5.41, 5.74) is 0.331. The molecule has 0 spiro atoms. The lowest BCUT2D eigenvalue weighted by Crippen LogP contribution is -1.93. The van der Waals surface area contributed by atoms with Crippen LogP contribution in [0.25, 0.3) is 0 Å². The first-order valence-corrected chi connectivity index (χ1v) is 5.97. The predicted octanol–water partition coefficient (Wildman–Crippen LogP) is 2.88. The van der Waals surface area contributed by atoms with E-state index in [1.165, 1.54) is 18.2 Å². The smallest absolute Gasteiger partial charge is 0.335 e. The molecule has 0 aliphatic rings. The van der Waals surface area contributed by atoms with Gasteiger partial charge in [-0.1, -0.05) is 18.2 Å². The highest BCUT2D eigenvalue weighted by Crippen LogP contribution is 2.29. The van der Waals surface area contributed by atoms with E-state index in [4.69, 9.17) is 20.1 Å². The van der Waals surface area contributed by atoms with E-state index >= 15 is 0 Å². The number of rotatable bonds is 3. The van der Waals surface area contributed by atoms with Crippen LogP contribution < -0.4 is 4.74 Å². The summed E-state index contributed by atoms with van der Waals surface area (Å²) in [6.45, 7) is 2.28. The average molecular weight is 276 g/mol. The normalized spacial score (nSPS) is 9.25. The lowest BCUT2D eigenvalue weighted by molar-refractivity contribution is 0.0697. The number of phenolic OH excluding ortho intramolecular Hbond substituents is 2. The van der Waals surface area contributed by atoms with Crippen LogP contribution in [-0.4, -0.2) is 27.9 Å². The zero-order valence-electron chi connectivity index (χ0n) is 11.0. The van der Waals surface area contributed by atoms with E-state index in [0.29, 0.717) is 17.9 Å². The molecule has 0 radical (unpaired) electrons. The van der Waals surface area contributed by atoms with Gasteiger partial charge in [-0.2, -0.15) is 0 Å². The predicted molar refractivity (Wildman–Crippen MR) is 74.3 cm³/mol. The summed E-state index contributed by atoms with van der Waals surface area (Å²) in [6, 6.07) is 12.5. The Kier molecular flexibility index (Phi) is 5.90. The number of carboxylic acid groups (broad SMARTS) is 1. The van der Waals surface area contributed by atoms with Crippen molar-refractivity contribution in [3.05, 3.63) is 54.1 Å². The SMILES string of the molecule is CCOc1cc(O)ccc1O.O=C(O)c1ccccc1. The van der Waals surface area contributed by atoms with Gasteiger partial charge in [0.15, 0.2) is 11.5 Å². The molecule has 3 N–H and O–H groups in total. The zero-order chi connectivity index (χ0) is 15.0. The van der Waals surface area contributed by atoms with Crippen LogP contribution >= 0.6 is 0 Å². The molecule has 5 nitrogen and oxygen atoms in total. The summed E-state index contributed by atoms with van der Waals surface area (Å²) in [5, 5.41) is 26.5. The fourth-order valence-corrected chi connectivity index (χ4v) is 1.35. The van der Waals surface area contributed by atoms with Crippen molar-refractivity contribution >= 4 is 5.97 Å². The molecule has 2 aromatic carbocycles. The highest BCUT2D eigenvalue weighted by Gasteiger charge is 2.01. The first-order chi connectivity index (χ1) is 9.54. The van der Waals surface area contributed by atoms with Crippen LogP contribution in [0.2, 0.25) is 0 Å². The molecular weight excluding hydrogens is 260 g/mol. The average Bonchev–Trinajstić information content (AvgIpc) is 2.45. The number of phenols is 2. The number of carbonyl (C=O) groups is 1. The van der Waals surface area contributed by atoms with Gasteiger partial charge in [0, 0.05) is 6.07 Å². The Morgan fingerprint density at radius 2 is 1.75 bits per heavy atom. The molecule has 0 fully saturated rings. The Morgan fingerprint density at radius 3 is 2.25 bits per heavy atom. The second-order valence-corrected chi connectivity index (χ2v) is 3.76. The third kappa shape index (κ3) is 4.89. The van der Waals surface area contributed by atoms with Gasteiger partial charge in [-0.05, 0) is 31.2 Å². The van der Waals surface area contributed by atoms with Crippen LogP contribution in [0.1, 0.15) is 17.3 Å². The Bertz CT molecular complexity index is 551. The standard InChI is InChI=1S/C8H10O3.C7H6O2/c1-2-11-8-5-6(9)3-4-7(8)10;8-7(9)6-4-2-1-3-5-6/h3-5,9-10H,2H2,1H3;1-5H,(H,8,9). The minimum Gasteiger partial charge on any atom is -0.508 e. The number of hydrogen-bond donors (Lipinski definition) is 3. The summed E-state index contributed by atoms with van der Waals surface area (Å²) in [7, 11) is 0. The Morgan fingerprint density at radius 1 is 1.10 bits per heavy atom. The molecule has 2 aromatic rings. The van der Waals surface area contributed by atoms with Gasteiger partial charge < -0.3 is 20.1 Å². The van der Waals surface area contributed by atoms with E-state index in [9.17, 15) is 4.79 Å². The maximum atomic E-state index is 10.2. The van der Waals surface area contributed by atoms with Crippen molar-refractivity contribution in [3.63, 3.8) is 0 Å². The molecule has 5 heteroatoms. The van der Waals surface area contributed by atoms with Gasteiger partial charge in [0.1, 0.15) is 5.75 Å². The van der Waals surface area contributed by atoms with Gasteiger partial charge in [0.2, 0.25) is 0 Å².